The van der Waals surface area contributed by atoms with Crippen LogP contribution >= 0.6 is 0 Å². The van der Waals surface area contributed by atoms with E-state index in [4.69, 9.17) is 23.7 Å². The average Bonchev–Trinajstić information content (AvgIpc) is 3.78. The molecule has 16 heteroatoms. The van der Waals surface area contributed by atoms with Crippen molar-refractivity contribution in [2.24, 2.45) is 23.7 Å². The predicted molar refractivity (Wildman–Crippen MR) is 220 cm³/mol. The van der Waals surface area contributed by atoms with E-state index >= 15 is 0 Å². The minimum absolute atomic E-state index is 0. The number of fused-ring (bicyclic) bond motifs is 1. The van der Waals surface area contributed by atoms with Gasteiger partial charge in [0.25, 0.3) is 0 Å². The van der Waals surface area contributed by atoms with Crippen molar-refractivity contribution in [2.45, 2.75) is 148 Å². The van der Waals surface area contributed by atoms with E-state index in [1.165, 1.54) is 14.0 Å². The van der Waals surface area contributed by atoms with Gasteiger partial charge in [0.05, 0.1) is 35.9 Å². The van der Waals surface area contributed by atoms with Gasteiger partial charge in [-0.05, 0) is 86.0 Å². The van der Waals surface area contributed by atoms with Crippen LogP contribution in [0.25, 0.3) is 11.3 Å². The molecule has 0 aromatic carbocycles. The number of aromatic nitrogens is 3. The summed E-state index contributed by atoms with van der Waals surface area (Å²) >= 11 is 0. The number of methoxy groups -OCH3 is 1. The Labute approximate surface area is 353 Å². The highest BCUT2D eigenvalue weighted by molar-refractivity contribution is 6.00. The first-order valence-corrected chi connectivity index (χ1v) is 20.8. The molecule has 1 N–H and O–H groups in total. The van der Waals surface area contributed by atoms with Gasteiger partial charge in [-0.2, -0.15) is 0 Å². The van der Waals surface area contributed by atoms with E-state index in [2.05, 4.69) is 9.97 Å². The molecule has 15 nitrogen and oxygen atoms in total. The Balaban J connectivity index is 0.00000769. The third-order valence-electron chi connectivity index (χ3n) is 12.8. The summed E-state index contributed by atoms with van der Waals surface area (Å²) in [5.41, 5.74) is -0.938. The summed E-state index contributed by atoms with van der Waals surface area (Å²) in [6, 6.07) is 2.74. The van der Waals surface area contributed by atoms with Crippen molar-refractivity contribution >= 4 is 34.6 Å². The number of ketones is 2. The summed E-state index contributed by atoms with van der Waals surface area (Å²) in [6.07, 6.45) is 4.45. The number of ether oxygens (including phenoxy) is 5. The van der Waals surface area contributed by atoms with Crippen molar-refractivity contribution in [3.05, 3.63) is 37.1 Å². The van der Waals surface area contributed by atoms with E-state index in [1.807, 2.05) is 62.7 Å². The van der Waals surface area contributed by atoms with Gasteiger partial charge in [-0.3, -0.25) is 19.4 Å². The summed E-state index contributed by atoms with van der Waals surface area (Å²) in [5.74, 6) is -4.95. The van der Waals surface area contributed by atoms with Crippen LogP contribution in [0, 0.1) is 23.7 Å². The number of hydrogen-bond acceptors (Lipinski definition) is 13. The van der Waals surface area contributed by atoms with Crippen LogP contribution in [0.15, 0.2) is 37.1 Å². The summed E-state index contributed by atoms with van der Waals surface area (Å²) in [6.45, 7) is 14.9. The zero-order chi connectivity index (χ0) is 42.7. The number of pyridine rings is 1. The summed E-state index contributed by atoms with van der Waals surface area (Å²) in [5, 5.41) is 11.4. The lowest BCUT2D eigenvalue weighted by atomic mass is 9.73. The SMILES string of the molecule is CC[C@H]1OC(=O)[C@H](C)C(=O)[C@H](C)[C@@H](O[C@@H]2O[C@H](C)C[C@H](N(C)C)[C@H]2O)[C@](C)(OC)C[C@@H](C)C(=O)[C@H](C)[C@H]2N(CCCCn3cnc(-c4cccnc4)c3)C(=O)O[C@]12C.[Si]. The van der Waals surface area contributed by atoms with Gasteiger partial charge in [0.15, 0.2) is 17.7 Å². The Bertz CT molecular complexity index is 1750. The number of aryl methyl sites for hydroxylation is 1. The summed E-state index contributed by atoms with van der Waals surface area (Å²) in [7, 11) is 5.24. The minimum Gasteiger partial charge on any atom is -0.458 e. The number of imidazole rings is 1. The molecule has 5 heterocycles. The number of aliphatic hydroxyl groups is 1. The first-order valence-electron chi connectivity index (χ1n) is 20.8. The van der Waals surface area contributed by atoms with E-state index < -0.39 is 83.4 Å². The van der Waals surface area contributed by atoms with Crippen LogP contribution in [0.1, 0.15) is 87.5 Å². The lowest BCUT2D eigenvalue weighted by molar-refractivity contribution is -0.295. The topological polar surface area (TPSA) is 172 Å². The van der Waals surface area contributed by atoms with Crippen LogP contribution in [-0.2, 0) is 44.6 Å². The fraction of sp³-hybridized carbons (Fsp3) is 0.721. The van der Waals surface area contributed by atoms with Gasteiger partial charge in [0, 0.05) is 79.1 Å². The van der Waals surface area contributed by atoms with Crippen molar-refractivity contribution in [1.82, 2.24) is 24.3 Å². The normalized spacial score (nSPS) is 36.1. The molecule has 4 radical (unpaired) electrons. The quantitative estimate of drug-likeness (QED) is 0.145. The third-order valence-corrected chi connectivity index (χ3v) is 12.8. The van der Waals surface area contributed by atoms with Crippen molar-refractivity contribution in [1.29, 1.82) is 0 Å². The number of nitrogens with zero attached hydrogens (tertiary/aromatic N) is 5. The van der Waals surface area contributed by atoms with Gasteiger partial charge < -0.3 is 43.2 Å². The number of amides is 1. The number of rotatable bonds is 11. The lowest BCUT2D eigenvalue weighted by Crippen LogP contribution is -2.60. The molecule has 3 aliphatic rings. The number of carbonyl (C=O) groups excluding carboxylic acids is 4. The van der Waals surface area contributed by atoms with Crippen LogP contribution < -0.4 is 0 Å². The van der Waals surface area contributed by atoms with E-state index in [-0.39, 0.29) is 41.7 Å². The number of likely N-dealkylation sites (N-methyl/N-ethyl adjacent to an activating group) is 1. The van der Waals surface area contributed by atoms with Crippen molar-refractivity contribution in [2.75, 3.05) is 27.7 Å². The first kappa shape index (κ1) is 48.1. The lowest BCUT2D eigenvalue weighted by Gasteiger charge is -2.47. The van der Waals surface area contributed by atoms with Crippen molar-refractivity contribution < 1.29 is 48.0 Å². The van der Waals surface area contributed by atoms with E-state index in [0.29, 0.717) is 32.4 Å². The predicted octanol–water partition coefficient (Wildman–Crippen LogP) is 4.55. The molecule has 326 valence electrons. The second-order valence-corrected chi connectivity index (χ2v) is 17.3. The molecule has 0 unspecified atom stereocenters. The van der Waals surface area contributed by atoms with Crippen LogP contribution in [-0.4, -0.2) is 146 Å². The molecule has 0 saturated carbocycles. The van der Waals surface area contributed by atoms with E-state index in [9.17, 15) is 24.3 Å². The van der Waals surface area contributed by atoms with E-state index in [1.54, 1.807) is 51.3 Å². The summed E-state index contributed by atoms with van der Waals surface area (Å²) < 4.78 is 33.2. The maximum Gasteiger partial charge on any atom is 0.410 e. The molecule has 0 spiro atoms. The highest BCUT2D eigenvalue weighted by atomic mass is 28.1. The zero-order valence-corrected chi connectivity index (χ0v) is 37.6. The van der Waals surface area contributed by atoms with E-state index in [0.717, 1.165) is 11.3 Å². The standard InChI is InChI=1S/C43H65N5O10.Si/c1-12-33-43(8)37(48(41(53)58-43)19-14-13-18-47-23-31(45-24-47)30-16-15-17-44-22-30)27(4)34(49)25(2)21-42(7,54-11)38(28(5)35(50)29(6)39(52)56-33)57-40-36(51)32(46(9)10)20-26(3)55-40;/h15-17,22-29,32-33,36-38,40,51H,12-14,18-21H2,1-11H3;/t25-,26-,27+,28+,29-,32+,33-,36-,37-,38-,40+,42-,43-;/m1./s1. The Kier molecular flexibility index (Phi) is 16.2. The van der Waals surface area contributed by atoms with Crippen LogP contribution in [0.5, 0.6) is 0 Å². The highest BCUT2D eigenvalue weighted by Crippen LogP contribution is 2.43. The Morgan fingerprint density at radius 2 is 1.71 bits per heavy atom. The zero-order valence-electron chi connectivity index (χ0n) is 36.6. The Hall–Kier alpha value is -3.54. The van der Waals surface area contributed by atoms with Gasteiger partial charge in [-0.1, -0.05) is 27.7 Å². The first-order chi connectivity index (χ1) is 27.4. The second-order valence-electron chi connectivity index (χ2n) is 17.3. The average molecular weight is 840 g/mol. The molecular weight excluding hydrogens is 775 g/mol. The highest BCUT2D eigenvalue weighted by Gasteiger charge is 2.60. The molecule has 5 rings (SSSR count). The maximum absolute atomic E-state index is 14.7. The molecular formula is C43H65N5O10Si. The number of cyclic esters (lactones) is 1. The molecule has 59 heavy (non-hydrogen) atoms. The van der Waals surface area contributed by atoms with Crippen LogP contribution in [0.2, 0.25) is 0 Å². The largest absolute Gasteiger partial charge is 0.458 e. The molecule has 0 aliphatic carbocycles. The number of unbranched alkanes of at least 4 members (excludes halogenated alkanes) is 1. The van der Waals surface area contributed by atoms with Gasteiger partial charge in [-0.25, -0.2) is 9.78 Å². The smallest absolute Gasteiger partial charge is 0.410 e. The minimum atomic E-state index is -1.40. The van der Waals surface area contributed by atoms with Gasteiger partial charge in [-0.15, -0.1) is 0 Å². The fourth-order valence-corrected chi connectivity index (χ4v) is 9.43. The van der Waals surface area contributed by atoms with Crippen LogP contribution in [0.3, 0.4) is 0 Å². The van der Waals surface area contributed by atoms with Crippen molar-refractivity contribution in [3.63, 3.8) is 0 Å². The molecule has 2 aromatic heterocycles. The third kappa shape index (κ3) is 10.2. The Morgan fingerprint density at radius 3 is 2.34 bits per heavy atom. The summed E-state index contributed by atoms with van der Waals surface area (Å²) in [4.78, 5) is 69.0. The second kappa shape index (κ2) is 19.9. The number of aliphatic hydroxyl groups excluding tert-OH is 1. The molecule has 13 atom stereocenters. The van der Waals surface area contributed by atoms with Crippen molar-refractivity contribution in [3.8, 4) is 11.3 Å². The maximum atomic E-state index is 14.7. The van der Waals surface area contributed by atoms with Crippen LogP contribution in [0.4, 0.5) is 4.79 Å². The number of hydrogen-bond donors (Lipinski definition) is 1. The molecule has 1 amide bonds. The fourth-order valence-electron chi connectivity index (χ4n) is 9.43. The Morgan fingerprint density at radius 1 is 1.02 bits per heavy atom. The molecule has 2 aromatic rings. The van der Waals surface area contributed by atoms with Gasteiger partial charge >= 0.3 is 12.1 Å². The monoisotopic (exact) mass is 839 g/mol. The number of esters is 1. The molecule has 3 aliphatic heterocycles. The number of Topliss-reactive ketones (excluding diaryl/α,β-unsaturated/α-hetero) is 2. The molecule has 0 bridgehead atoms. The van der Waals surface area contributed by atoms with Gasteiger partial charge in [0.1, 0.15) is 23.9 Å². The van der Waals surface area contributed by atoms with Gasteiger partial charge in [0.2, 0.25) is 0 Å². The molecule has 3 saturated heterocycles. The molecule has 3 fully saturated rings. The number of carbonyl (C=O) groups is 4.